The summed E-state index contributed by atoms with van der Waals surface area (Å²) in [7, 11) is 1.38. The van der Waals surface area contributed by atoms with Gasteiger partial charge < -0.3 is 4.74 Å². The number of aryl methyl sites for hydroxylation is 1. The minimum atomic E-state index is -0.317. The quantitative estimate of drug-likeness (QED) is 0.749. The topological polar surface area (TPSA) is 39.2 Å². The number of ether oxygens (including phenoxy) is 1. The smallest absolute Gasteiger partial charge is 0.337 e. The molecule has 2 rings (SSSR count). The average molecular weight is 233 g/mol. The van der Waals surface area contributed by atoms with Crippen molar-refractivity contribution in [1.29, 1.82) is 0 Å². The molecule has 16 heavy (non-hydrogen) atoms. The van der Waals surface area contributed by atoms with Crippen LogP contribution in [-0.2, 0) is 4.74 Å². The van der Waals surface area contributed by atoms with E-state index in [1.807, 2.05) is 31.2 Å². The van der Waals surface area contributed by atoms with Crippen molar-refractivity contribution in [3.05, 3.63) is 41.6 Å². The molecule has 2 aromatic rings. The molecule has 0 spiro atoms. The van der Waals surface area contributed by atoms with Crippen molar-refractivity contribution in [2.24, 2.45) is 0 Å². The molecule has 1 heterocycles. The summed E-state index contributed by atoms with van der Waals surface area (Å²) < 4.78 is 8.89. The summed E-state index contributed by atoms with van der Waals surface area (Å²) in [5.74, 6) is -0.317. The second-order valence-electron chi connectivity index (χ2n) is 3.40. The van der Waals surface area contributed by atoms with Crippen molar-refractivity contribution in [3.63, 3.8) is 0 Å². The third kappa shape index (κ3) is 2.12. The zero-order chi connectivity index (χ0) is 11.5. The summed E-state index contributed by atoms with van der Waals surface area (Å²) in [4.78, 5) is 12.4. The highest BCUT2D eigenvalue weighted by Crippen LogP contribution is 2.25. The molecule has 0 aliphatic heterocycles. The van der Waals surface area contributed by atoms with Crippen LogP contribution in [0.25, 0.3) is 10.4 Å². The number of benzene rings is 1. The van der Waals surface area contributed by atoms with Gasteiger partial charge in [0.15, 0.2) is 0 Å². The standard InChI is InChI=1S/C12H11NO2S/c1-8-6-11(16-13-8)9-4-3-5-10(7-9)12(14)15-2/h3-7H,1-2H3. The second-order valence-corrected chi connectivity index (χ2v) is 4.21. The molecular formula is C12H11NO2S. The highest BCUT2D eigenvalue weighted by molar-refractivity contribution is 7.09. The fraction of sp³-hybridized carbons (Fsp3) is 0.167. The number of rotatable bonds is 2. The van der Waals surface area contributed by atoms with Gasteiger partial charge in [-0.05, 0) is 42.2 Å². The van der Waals surface area contributed by atoms with Crippen molar-refractivity contribution < 1.29 is 9.53 Å². The van der Waals surface area contributed by atoms with Crippen molar-refractivity contribution in [1.82, 2.24) is 4.37 Å². The molecule has 0 N–H and O–H groups in total. The third-order valence-electron chi connectivity index (χ3n) is 2.20. The third-order valence-corrected chi connectivity index (χ3v) is 3.13. The minimum Gasteiger partial charge on any atom is -0.465 e. The van der Waals surface area contributed by atoms with Gasteiger partial charge in [0, 0.05) is 0 Å². The molecule has 0 unspecified atom stereocenters. The van der Waals surface area contributed by atoms with Gasteiger partial charge in [0.05, 0.1) is 23.2 Å². The Hall–Kier alpha value is -1.68. The van der Waals surface area contributed by atoms with Crippen LogP contribution in [0.1, 0.15) is 16.1 Å². The second kappa shape index (κ2) is 4.45. The lowest BCUT2D eigenvalue weighted by Crippen LogP contribution is -2.00. The predicted octanol–water partition coefficient (Wildman–Crippen LogP) is 2.91. The molecule has 0 saturated heterocycles. The summed E-state index contributed by atoms with van der Waals surface area (Å²) in [5, 5.41) is 0. The maximum atomic E-state index is 11.4. The van der Waals surface area contributed by atoms with Crippen LogP contribution < -0.4 is 0 Å². The van der Waals surface area contributed by atoms with Crippen molar-refractivity contribution in [2.45, 2.75) is 6.92 Å². The lowest BCUT2D eigenvalue weighted by atomic mass is 10.1. The van der Waals surface area contributed by atoms with Crippen molar-refractivity contribution in [2.75, 3.05) is 7.11 Å². The molecule has 0 fully saturated rings. The summed E-state index contributed by atoms with van der Waals surface area (Å²) in [5.41, 5.74) is 2.54. The van der Waals surface area contributed by atoms with Gasteiger partial charge in [-0.25, -0.2) is 4.79 Å². The number of hydrogen-bond acceptors (Lipinski definition) is 4. The Morgan fingerprint density at radius 3 is 2.81 bits per heavy atom. The highest BCUT2D eigenvalue weighted by atomic mass is 32.1. The molecule has 0 aliphatic rings. The molecule has 3 nitrogen and oxygen atoms in total. The normalized spacial score (nSPS) is 10.1. The Balaban J connectivity index is 2.39. The van der Waals surface area contributed by atoms with E-state index >= 15 is 0 Å². The monoisotopic (exact) mass is 233 g/mol. The predicted molar refractivity (Wildman–Crippen MR) is 63.6 cm³/mol. The number of nitrogens with zero attached hydrogens (tertiary/aromatic N) is 1. The highest BCUT2D eigenvalue weighted by Gasteiger charge is 2.08. The maximum absolute atomic E-state index is 11.4. The van der Waals surface area contributed by atoms with Gasteiger partial charge in [-0.1, -0.05) is 12.1 Å². The SMILES string of the molecule is COC(=O)c1cccc(-c2cc(C)ns2)c1. The maximum Gasteiger partial charge on any atom is 0.337 e. The van der Waals surface area contributed by atoms with Crippen LogP contribution in [0.4, 0.5) is 0 Å². The molecule has 0 atom stereocenters. The lowest BCUT2D eigenvalue weighted by molar-refractivity contribution is 0.0601. The molecule has 0 radical (unpaired) electrons. The fourth-order valence-electron chi connectivity index (χ4n) is 1.42. The Labute approximate surface area is 97.9 Å². The van der Waals surface area contributed by atoms with Crippen molar-refractivity contribution >= 4 is 17.5 Å². The van der Waals surface area contributed by atoms with E-state index in [0.29, 0.717) is 5.56 Å². The van der Waals surface area contributed by atoms with E-state index in [-0.39, 0.29) is 5.97 Å². The number of methoxy groups -OCH3 is 1. The van der Waals surface area contributed by atoms with Gasteiger partial charge >= 0.3 is 5.97 Å². The molecule has 0 amide bonds. The van der Waals surface area contributed by atoms with E-state index in [9.17, 15) is 4.79 Å². The van der Waals surface area contributed by atoms with Gasteiger partial charge in [0.1, 0.15) is 0 Å². The summed E-state index contributed by atoms with van der Waals surface area (Å²) in [6, 6.07) is 9.36. The summed E-state index contributed by atoms with van der Waals surface area (Å²) in [6.45, 7) is 1.95. The Bertz CT molecular complexity index is 519. The van der Waals surface area contributed by atoms with Crippen LogP contribution in [0.15, 0.2) is 30.3 Å². The van der Waals surface area contributed by atoms with E-state index in [1.54, 1.807) is 6.07 Å². The molecule has 0 aliphatic carbocycles. The number of carbonyl (C=O) groups is 1. The van der Waals surface area contributed by atoms with Gasteiger partial charge in [-0.3, -0.25) is 0 Å². The number of aromatic nitrogens is 1. The van der Waals surface area contributed by atoms with Gasteiger partial charge in [-0.15, -0.1) is 0 Å². The Morgan fingerprint density at radius 2 is 2.19 bits per heavy atom. The molecule has 4 heteroatoms. The van der Waals surface area contributed by atoms with Crippen LogP contribution >= 0.6 is 11.5 Å². The van der Waals surface area contributed by atoms with E-state index in [2.05, 4.69) is 9.11 Å². The molecule has 1 aromatic heterocycles. The minimum absolute atomic E-state index is 0.317. The Morgan fingerprint density at radius 1 is 1.38 bits per heavy atom. The van der Waals surface area contributed by atoms with E-state index < -0.39 is 0 Å². The van der Waals surface area contributed by atoms with Gasteiger partial charge in [0.2, 0.25) is 0 Å². The molecule has 0 bridgehead atoms. The Kier molecular flexibility index (Phi) is 3.01. The van der Waals surface area contributed by atoms with E-state index in [4.69, 9.17) is 0 Å². The molecular weight excluding hydrogens is 222 g/mol. The first-order chi connectivity index (χ1) is 7.70. The van der Waals surface area contributed by atoms with Crippen molar-refractivity contribution in [3.8, 4) is 10.4 Å². The number of hydrogen-bond donors (Lipinski definition) is 0. The van der Waals surface area contributed by atoms with Crippen LogP contribution in [0.3, 0.4) is 0 Å². The summed E-state index contributed by atoms with van der Waals surface area (Å²) in [6.07, 6.45) is 0. The van der Waals surface area contributed by atoms with Crippen LogP contribution in [-0.4, -0.2) is 17.5 Å². The fourth-order valence-corrected chi connectivity index (χ4v) is 2.17. The van der Waals surface area contributed by atoms with Crippen LogP contribution in [0.2, 0.25) is 0 Å². The largest absolute Gasteiger partial charge is 0.465 e. The lowest BCUT2D eigenvalue weighted by Gasteiger charge is -2.01. The van der Waals surface area contributed by atoms with Crippen LogP contribution in [0.5, 0.6) is 0 Å². The zero-order valence-electron chi connectivity index (χ0n) is 9.06. The number of esters is 1. The van der Waals surface area contributed by atoms with Gasteiger partial charge in [-0.2, -0.15) is 4.37 Å². The van der Waals surface area contributed by atoms with Crippen LogP contribution in [0, 0.1) is 6.92 Å². The first-order valence-electron chi connectivity index (χ1n) is 4.83. The number of carbonyl (C=O) groups excluding carboxylic acids is 1. The summed E-state index contributed by atoms with van der Waals surface area (Å²) >= 11 is 1.43. The van der Waals surface area contributed by atoms with Gasteiger partial charge in [0.25, 0.3) is 0 Å². The molecule has 1 aromatic carbocycles. The average Bonchev–Trinajstić information content (AvgIpc) is 2.75. The first-order valence-corrected chi connectivity index (χ1v) is 5.60. The van der Waals surface area contributed by atoms with E-state index in [0.717, 1.165) is 16.1 Å². The zero-order valence-corrected chi connectivity index (χ0v) is 9.88. The molecule has 82 valence electrons. The first kappa shape index (κ1) is 10.8. The van der Waals surface area contributed by atoms with E-state index in [1.165, 1.54) is 18.6 Å². The molecule has 0 saturated carbocycles.